The van der Waals surface area contributed by atoms with Crippen molar-refractivity contribution in [1.82, 2.24) is 9.55 Å². The molecule has 7 nitrogen and oxygen atoms in total. The van der Waals surface area contributed by atoms with Gasteiger partial charge >= 0.3 is 0 Å². The summed E-state index contributed by atoms with van der Waals surface area (Å²) in [5.74, 6) is 1.31. The van der Waals surface area contributed by atoms with Gasteiger partial charge < -0.3 is 14.2 Å². The number of ether oxygens (including phenoxy) is 3. The van der Waals surface area contributed by atoms with E-state index in [0.29, 0.717) is 46.3 Å². The van der Waals surface area contributed by atoms with Gasteiger partial charge in [0.1, 0.15) is 0 Å². The first-order valence-electron chi connectivity index (χ1n) is 9.86. The summed E-state index contributed by atoms with van der Waals surface area (Å²) >= 11 is 1.27. The van der Waals surface area contributed by atoms with Crippen LogP contribution in [0.5, 0.6) is 11.5 Å². The van der Waals surface area contributed by atoms with Crippen molar-refractivity contribution in [3.05, 3.63) is 58.4 Å². The summed E-state index contributed by atoms with van der Waals surface area (Å²) in [6.45, 7) is 1.32. The smallest absolute Gasteiger partial charge is 0.262 e. The quantitative estimate of drug-likeness (QED) is 0.341. The molecule has 30 heavy (non-hydrogen) atoms. The van der Waals surface area contributed by atoms with Crippen molar-refractivity contribution in [3.8, 4) is 11.5 Å². The van der Waals surface area contributed by atoms with Crippen LogP contribution < -0.4 is 15.0 Å². The molecule has 3 aromatic rings. The summed E-state index contributed by atoms with van der Waals surface area (Å²) in [6.07, 6.45) is 1.90. The third kappa shape index (κ3) is 3.68. The molecule has 8 heteroatoms. The van der Waals surface area contributed by atoms with Gasteiger partial charge in [-0.05, 0) is 43.2 Å². The maximum absolute atomic E-state index is 13.1. The number of benzene rings is 2. The molecule has 0 N–H and O–H groups in total. The van der Waals surface area contributed by atoms with Gasteiger partial charge in [-0.15, -0.1) is 0 Å². The van der Waals surface area contributed by atoms with Crippen LogP contribution in [0.2, 0.25) is 0 Å². The SMILES string of the molecule is O=C(CSc1nc2ccccc2c(=O)n1CC1CCCO1)c1ccc2c(c1)OCO2. The Labute approximate surface area is 177 Å². The van der Waals surface area contributed by atoms with E-state index in [9.17, 15) is 9.59 Å². The molecule has 0 aliphatic carbocycles. The predicted octanol–water partition coefficient (Wildman–Crippen LogP) is 3.28. The van der Waals surface area contributed by atoms with E-state index >= 15 is 0 Å². The van der Waals surface area contributed by atoms with Gasteiger partial charge in [-0.1, -0.05) is 23.9 Å². The molecule has 1 saturated heterocycles. The molecule has 1 unspecified atom stereocenters. The van der Waals surface area contributed by atoms with Crippen LogP contribution >= 0.6 is 11.8 Å². The lowest BCUT2D eigenvalue weighted by atomic mass is 10.1. The minimum atomic E-state index is -0.103. The molecule has 154 valence electrons. The lowest BCUT2D eigenvalue weighted by molar-refractivity contribution is 0.0937. The molecule has 2 aliphatic heterocycles. The Bertz CT molecular complexity index is 1170. The Morgan fingerprint density at radius 1 is 1.17 bits per heavy atom. The number of carbonyl (C=O) groups is 1. The fourth-order valence-corrected chi connectivity index (χ4v) is 4.60. The van der Waals surface area contributed by atoms with Crippen molar-refractivity contribution in [2.45, 2.75) is 30.6 Å². The molecule has 1 fully saturated rings. The van der Waals surface area contributed by atoms with E-state index in [4.69, 9.17) is 14.2 Å². The number of rotatable bonds is 6. The number of hydrogen-bond acceptors (Lipinski definition) is 7. The van der Waals surface area contributed by atoms with E-state index in [2.05, 4.69) is 4.98 Å². The lowest BCUT2D eigenvalue weighted by Gasteiger charge is -2.16. The van der Waals surface area contributed by atoms with Crippen LogP contribution in [-0.2, 0) is 11.3 Å². The van der Waals surface area contributed by atoms with Gasteiger partial charge in [0.2, 0.25) is 6.79 Å². The number of thioether (sulfide) groups is 1. The first-order chi connectivity index (χ1) is 14.7. The molecule has 1 atom stereocenters. The van der Waals surface area contributed by atoms with Gasteiger partial charge in [-0.25, -0.2) is 4.98 Å². The molecule has 0 spiro atoms. The summed E-state index contributed by atoms with van der Waals surface area (Å²) in [5.41, 5.74) is 1.07. The lowest BCUT2D eigenvalue weighted by Crippen LogP contribution is -2.29. The summed E-state index contributed by atoms with van der Waals surface area (Å²) in [7, 11) is 0. The van der Waals surface area contributed by atoms with Gasteiger partial charge in [0.05, 0.1) is 29.3 Å². The van der Waals surface area contributed by atoms with Gasteiger partial charge in [-0.3, -0.25) is 14.2 Å². The number of aromatic nitrogens is 2. The summed E-state index contributed by atoms with van der Waals surface area (Å²) in [5, 5.41) is 1.10. The maximum atomic E-state index is 13.1. The normalized spacial score (nSPS) is 17.5. The Balaban J connectivity index is 1.42. The van der Waals surface area contributed by atoms with Crippen LogP contribution in [-0.4, -0.2) is 40.6 Å². The van der Waals surface area contributed by atoms with Gasteiger partial charge in [0, 0.05) is 12.2 Å². The second-order valence-electron chi connectivity index (χ2n) is 7.24. The van der Waals surface area contributed by atoms with Crippen LogP contribution in [0.1, 0.15) is 23.2 Å². The number of para-hydroxylation sites is 1. The molecule has 1 aromatic heterocycles. The third-order valence-electron chi connectivity index (χ3n) is 5.26. The monoisotopic (exact) mass is 424 g/mol. The first-order valence-corrected chi connectivity index (χ1v) is 10.8. The van der Waals surface area contributed by atoms with Crippen molar-refractivity contribution in [3.63, 3.8) is 0 Å². The second-order valence-corrected chi connectivity index (χ2v) is 8.18. The summed E-state index contributed by atoms with van der Waals surface area (Å²) in [4.78, 5) is 30.6. The summed E-state index contributed by atoms with van der Waals surface area (Å²) < 4.78 is 18.0. The Morgan fingerprint density at radius 2 is 2.03 bits per heavy atom. The third-order valence-corrected chi connectivity index (χ3v) is 6.24. The first kappa shape index (κ1) is 19.1. The summed E-state index contributed by atoms with van der Waals surface area (Å²) in [6, 6.07) is 12.4. The van der Waals surface area contributed by atoms with Crippen molar-refractivity contribution in [2.24, 2.45) is 0 Å². The largest absolute Gasteiger partial charge is 0.454 e. The van der Waals surface area contributed by atoms with E-state index in [1.165, 1.54) is 11.8 Å². The molecule has 0 bridgehead atoms. The Morgan fingerprint density at radius 3 is 2.90 bits per heavy atom. The van der Waals surface area contributed by atoms with Crippen molar-refractivity contribution >= 4 is 28.4 Å². The van der Waals surface area contributed by atoms with Crippen LogP contribution in [0.3, 0.4) is 0 Å². The van der Waals surface area contributed by atoms with Crippen LogP contribution in [0, 0.1) is 0 Å². The van der Waals surface area contributed by atoms with E-state index in [-0.39, 0.29) is 30.0 Å². The zero-order valence-electron chi connectivity index (χ0n) is 16.2. The zero-order valence-corrected chi connectivity index (χ0v) is 17.0. The van der Waals surface area contributed by atoms with Crippen LogP contribution in [0.25, 0.3) is 10.9 Å². The van der Waals surface area contributed by atoms with E-state index in [1.807, 2.05) is 18.2 Å². The number of hydrogen-bond donors (Lipinski definition) is 0. The van der Waals surface area contributed by atoms with Crippen LogP contribution in [0.15, 0.2) is 52.4 Å². The number of Topliss-reactive ketones (excluding diaryl/α,β-unsaturated/α-hetero) is 1. The Hall–Kier alpha value is -2.84. The highest BCUT2D eigenvalue weighted by Crippen LogP contribution is 2.33. The Kier molecular flexibility index (Phi) is 5.18. The minimum Gasteiger partial charge on any atom is -0.454 e. The van der Waals surface area contributed by atoms with E-state index in [1.54, 1.807) is 28.8 Å². The van der Waals surface area contributed by atoms with E-state index in [0.717, 1.165) is 12.8 Å². The number of carbonyl (C=O) groups excluding carboxylic acids is 1. The molecule has 0 saturated carbocycles. The average molecular weight is 424 g/mol. The average Bonchev–Trinajstić information content (AvgIpc) is 3.45. The highest BCUT2D eigenvalue weighted by Gasteiger charge is 2.21. The van der Waals surface area contributed by atoms with Gasteiger partial charge in [0.25, 0.3) is 5.56 Å². The molecule has 3 heterocycles. The molecule has 0 amide bonds. The zero-order chi connectivity index (χ0) is 20.5. The minimum absolute atomic E-state index is 0.00502. The number of nitrogens with zero attached hydrogens (tertiary/aromatic N) is 2. The number of fused-ring (bicyclic) bond motifs is 2. The number of ketones is 1. The second kappa shape index (κ2) is 8.12. The fraction of sp³-hybridized carbons (Fsp3) is 0.318. The predicted molar refractivity (Wildman–Crippen MR) is 113 cm³/mol. The fourth-order valence-electron chi connectivity index (χ4n) is 3.69. The van der Waals surface area contributed by atoms with E-state index < -0.39 is 0 Å². The van der Waals surface area contributed by atoms with Crippen LogP contribution in [0.4, 0.5) is 0 Å². The van der Waals surface area contributed by atoms with Gasteiger partial charge in [-0.2, -0.15) is 0 Å². The topological polar surface area (TPSA) is 79.7 Å². The molecule has 5 rings (SSSR count). The molecular weight excluding hydrogens is 404 g/mol. The molecular formula is C22H20N2O5S. The molecule has 0 radical (unpaired) electrons. The molecule has 2 aliphatic rings. The highest BCUT2D eigenvalue weighted by atomic mass is 32.2. The van der Waals surface area contributed by atoms with Crippen molar-refractivity contribution in [2.75, 3.05) is 19.2 Å². The van der Waals surface area contributed by atoms with Crippen molar-refractivity contribution in [1.29, 1.82) is 0 Å². The highest BCUT2D eigenvalue weighted by molar-refractivity contribution is 7.99. The maximum Gasteiger partial charge on any atom is 0.262 e. The van der Waals surface area contributed by atoms with Gasteiger partial charge in [0.15, 0.2) is 22.4 Å². The van der Waals surface area contributed by atoms with Crippen molar-refractivity contribution < 1.29 is 19.0 Å². The molecule has 2 aromatic carbocycles. The standard InChI is InChI=1S/C22H20N2O5S/c25-18(14-7-8-19-20(10-14)29-13-28-19)12-30-22-23-17-6-2-1-5-16(17)21(26)24(22)11-15-4-3-9-27-15/h1-2,5-8,10,15H,3-4,9,11-13H2.